The number of rotatable bonds is 5. The van der Waals surface area contributed by atoms with E-state index in [1.807, 2.05) is 0 Å². The summed E-state index contributed by atoms with van der Waals surface area (Å²) in [6, 6.07) is 4.57. The van der Waals surface area contributed by atoms with E-state index in [4.69, 9.17) is 5.73 Å². The largest absolute Gasteiger partial charge is 0.434 e. The van der Waals surface area contributed by atoms with Gasteiger partial charge in [-0.1, -0.05) is 12.1 Å². The van der Waals surface area contributed by atoms with E-state index < -0.39 is 24.5 Å². The van der Waals surface area contributed by atoms with Crippen LogP contribution in [0.2, 0.25) is 0 Å². The van der Waals surface area contributed by atoms with Crippen molar-refractivity contribution < 1.29 is 23.1 Å². The number of para-hydroxylation sites is 1. The molecule has 98 valence electrons. The van der Waals surface area contributed by atoms with E-state index in [1.54, 1.807) is 0 Å². The Kier molecular flexibility index (Phi) is 4.59. The van der Waals surface area contributed by atoms with E-state index >= 15 is 0 Å². The first-order valence-corrected chi connectivity index (χ1v) is 5.06. The van der Waals surface area contributed by atoms with Gasteiger partial charge < -0.3 is 15.8 Å². The Balaban J connectivity index is 2.88. The van der Waals surface area contributed by atoms with E-state index in [2.05, 4.69) is 10.1 Å². The lowest BCUT2D eigenvalue weighted by atomic mass is 10.1. The third-order valence-corrected chi connectivity index (χ3v) is 2.12. The average molecular weight is 258 g/mol. The second-order valence-electron chi connectivity index (χ2n) is 3.47. The van der Waals surface area contributed by atoms with Crippen molar-refractivity contribution in [3.63, 3.8) is 0 Å². The van der Waals surface area contributed by atoms with Crippen LogP contribution >= 0.6 is 0 Å². The molecule has 0 fully saturated rings. The van der Waals surface area contributed by atoms with Crippen molar-refractivity contribution in [2.45, 2.75) is 19.6 Å². The second kappa shape index (κ2) is 5.95. The van der Waals surface area contributed by atoms with Crippen LogP contribution in [0, 0.1) is 0 Å². The molecule has 1 rings (SSSR count). The van der Waals surface area contributed by atoms with Crippen LogP contribution < -0.4 is 15.8 Å². The molecule has 0 saturated carbocycles. The molecule has 1 unspecified atom stereocenters. The topological polar surface area (TPSA) is 81.4 Å². The van der Waals surface area contributed by atoms with Crippen molar-refractivity contribution >= 4 is 11.8 Å². The highest BCUT2D eigenvalue weighted by Crippen LogP contribution is 2.20. The normalized spacial score (nSPS) is 12.0. The predicted octanol–water partition coefficient (Wildman–Crippen LogP) is 0.892. The van der Waals surface area contributed by atoms with Gasteiger partial charge in [0.05, 0.1) is 5.56 Å². The summed E-state index contributed by atoms with van der Waals surface area (Å²) in [6.07, 6.45) is 0. The van der Waals surface area contributed by atoms with Crippen molar-refractivity contribution in [2.75, 3.05) is 0 Å². The van der Waals surface area contributed by atoms with Gasteiger partial charge in [0.1, 0.15) is 11.8 Å². The molecule has 1 atom stereocenters. The lowest BCUT2D eigenvalue weighted by molar-refractivity contribution is -0.119. The summed E-state index contributed by atoms with van der Waals surface area (Å²) >= 11 is 0. The molecule has 0 aliphatic heterocycles. The number of benzene rings is 1. The fourth-order valence-electron chi connectivity index (χ4n) is 1.20. The van der Waals surface area contributed by atoms with Gasteiger partial charge in [-0.15, -0.1) is 0 Å². The Hall–Kier alpha value is -2.18. The highest BCUT2D eigenvalue weighted by atomic mass is 19.3. The number of hydrogen-bond acceptors (Lipinski definition) is 3. The third-order valence-electron chi connectivity index (χ3n) is 2.12. The summed E-state index contributed by atoms with van der Waals surface area (Å²) in [6.45, 7) is -1.65. The number of primary amides is 1. The number of carbonyl (C=O) groups excluding carboxylic acids is 2. The molecule has 0 saturated heterocycles. The minimum absolute atomic E-state index is 0.0918. The van der Waals surface area contributed by atoms with Gasteiger partial charge in [0.15, 0.2) is 0 Å². The molecule has 0 spiro atoms. The molecule has 2 amide bonds. The van der Waals surface area contributed by atoms with Crippen LogP contribution in [0.5, 0.6) is 5.75 Å². The smallest absolute Gasteiger partial charge is 0.387 e. The SMILES string of the molecule is CC(NC(=O)c1ccccc1OC(F)F)C(N)=O. The molecule has 3 N–H and O–H groups in total. The summed E-state index contributed by atoms with van der Waals surface area (Å²) in [5.74, 6) is -1.70. The van der Waals surface area contributed by atoms with Crippen LogP contribution in [-0.4, -0.2) is 24.5 Å². The van der Waals surface area contributed by atoms with Crippen LogP contribution in [-0.2, 0) is 4.79 Å². The minimum Gasteiger partial charge on any atom is -0.434 e. The van der Waals surface area contributed by atoms with E-state index in [1.165, 1.54) is 31.2 Å². The molecule has 0 aromatic heterocycles. The monoisotopic (exact) mass is 258 g/mol. The van der Waals surface area contributed by atoms with Gasteiger partial charge in [0.25, 0.3) is 5.91 Å². The molecular weight excluding hydrogens is 246 g/mol. The number of ether oxygens (including phenoxy) is 1. The van der Waals surface area contributed by atoms with Gasteiger partial charge in [-0.2, -0.15) is 8.78 Å². The molecule has 1 aromatic carbocycles. The maximum absolute atomic E-state index is 12.1. The van der Waals surface area contributed by atoms with Crippen molar-refractivity contribution in [2.24, 2.45) is 5.73 Å². The standard InChI is InChI=1S/C11H12F2N2O3/c1-6(9(14)16)15-10(17)7-4-2-3-5-8(7)18-11(12)13/h2-6,11H,1H3,(H2,14,16)(H,15,17). The lowest BCUT2D eigenvalue weighted by Gasteiger charge is -2.13. The first kappa shape index (κ1) is 13.9. The van der Waals surface area contributed by atoms with Crippen molar-refractivity contribution in [3.8, 4) is 5.75 Å². The van der Waals surface area contributed by atoms with Crippen LogP contribution in [0.15, 0.2) is 24.3 Å². The highest BCUT2D eigenvalue weighted by molar-refractivity contribution is 5.99. The second-order valence-corrected chi connectivity index (χ2v) is 3.47. The third kappa shape index (κ3) is 3.69. The maximum atomic E-state index is 12.1. The zero-order valence-electron chi connectivity index (χ0n) is 9.52. The van der Waals surface area contributed by atoms with Gasteiger partial charge in [-0.25, -0.2) is 0 Å². The van der Waals surface area contributed by atoms with Gasteiger partial charge >= 0.3 is 6.61 Å². The van der Waals surface area contributed by atoms with E-state index in [0.717, 1.165) is 0 Å². The van der Waals surface area contributed by atoms with Crippen LogP contribution in [0.1, 0.15) is 17.3 Å². The number of halogens is 2. The van der Waals surface area contributed by atoms with Crippen LogP contribution in [0.25, 0.3) is 0 Å². The summed E-state index contributed by atoms with van der Waals surface area (Å²) in [7, 11) is 0. The van der Waals surface area contributed by atoms with Gasteiger partial charge in [-0.05, 0) is 19.1 Å². The zero-order valence-corrected chi connectivity index (χ0v) is 9.52. The molecular formula is C11H12F2N2O3. The van der Waals surface area contributed by atoms with E-state index in [0.29, 0.717) is 0 Å². The molecule has 0 aliphatic rings. The first-order valence-electron chi connectivity index (χ1n) is 5.06. The minimum atomic E-state index is -3.03. The van der Waals surface area contributed by atoms with Crippen LogP contribution in [0.3, 0.4) is 0 Å². The predicted molar refractivity (Wildman–Crippen MR) is 59.2 cm³/mol. The summed E-state index contributed by atoms with van der Waals surface area (Å²) < 4.78 is 28.5. The first-order chi connectivity index (χ1) is 8.41. The van der Waals surface area contributed by atoms with Gasteiger partial charge in [0.2, 0.25) is 5.91 Å². The fraction of sp³-hybridized carbons (Fsp3) is 0.273. The fourth-order valence-corrected chi connectivity index (χ4v) is 1.20. The average Bonchev–Trinajstić information content (AvgIpc) is 2.28. The molecule has 5 nitrogen and oxygen atoms in total. The van der Waals surface area contributed by atoms with Crippen molar-refractivity contribution in [3.05, 3.63) is 29.8 Å². The molecule has 0 heterocycles. The Morgan fingerprint density at radius 3 is 2.50 bits per heavy atom. The molecule has 0 bridgehead atoms. The van der Waals surface area contributed by atoms with Crippen LogP contribution in [0.4, 0.5) is 8.78 Å². The van der Waals surface area contributed by atoms with Crippen molar-refractivity contribution in [1.82, 2.24) is 5.32 Å². The quantitative estimate of drug-likeness (QED) is 0.823. The molecule has 7 heteroatoms. The number of hydrogen-bond donors (Lipinski definition) is 2. The molecule has 1 aromatic rings. The number of nitrogens with one attached hydrogen (secondary N) is 1. The molecule has 0 radical (unpaired) electrons. The molecule has 18 heavy (non-hydrogen) atoms. The summed E-state index contributed by atoms with van der Waals surface area (Å²) in [5.41, 5.74) is 4.88. The number of carbonyl (C=O) groups is 2. The van der Waals surface area contributed by atoms with E-state index in [-0.39, 0.29) is 11.3 Å². The zero-order chi connectivity index (χ0) is 13.7. The Morgan fingerprint density at radius 2 is 1.94 bits per heavy atom. The lowest BCUT2D eigenvalue weighted by Crippen LogP contribution is -2.42. The molecule has 0 aliphatic carbocycles. The van der Waals surface area contributed by atoms with Gasteiger partial charge in [-0.3, -0.25) is 9.59 Å². The van der Waals surface area contributed by atoms with Gasteiger partial charge in [0, 0.05) is 0 Å². The Labute approximate surface area is 102 Å². The number of nitrogens with two attached hydrogens (primary N) is 1. The Bertz CT molecular complexity index is 452. The summed E-state index contributed by atoms with van der Waals surface area (Å²) in [4.78, 5) is 22.5. The summed E-state index contributed by atoms with van der Waals surface area (Å²) in [5, 5.41) is 2.27. The highest BCUT2D eigenvalue weighted by Gasteiger charge is 2.18. The Morgan fingerprint density at radius 1 is 1.33 bits per heavy atom. The van der Waals surface area contributed by atoms with Crippen molar-refractivity contribution in [1.29, 1.82) is 0 Å². The van der Waals surface area contributed by atoms with E-state index in [9.17, 15) is 18.4 Å². The maximum Gasteiger partial charge on any atom is 0.387 e. The number of amides is 2. The number of alkyl halides is 2.